The minimum Gasteiger partial charge on any atom is -0.394 e. The van der Waals surface area contributed by atoms with Crippen LogP contribution in [0.15, 0.2) is 66.4 Å². The summed E-state index contributed by atoms with van der Waals surface area (Å²) in [6.07, 6.45) is -4.89. The van der Waals surface area contributed by atoms with Crippen LogP contribution in [0, 0.1) is 0 Å². The van der Waals surface area contributed by atoms with Gasteiger partial charge in [-0.25, -0.2) is 0 Å². The Morgan fingerprint density at radius 2 is 1.41 bits per heavy atom. The number of halogens is 3. The number of Topliss-reactive ketones (excluding diaryl/α,β-unsaturated/α-hetero) is 1. The molecule has 0 aliphatic heterocycles. The molecule has 0 fully saturated rings. The molecule has 0 unspecified atom stereocenters. The van der Waals surface area contributed by atoms with Gasteiger partial charge in [0.05, 0.1) is 5.57 Å². The number of hydrogen-bond acceptors (Lipinski definition) is 2. The van der Waals surface area contributed by atoms with Crippen molar-refractivity contribution in [3.8, 4) is 0 Å². The number of ketones is 1. The van der Waals surface area contributed by atoms with E-state index in [9.17, 15) is 18.0 Å². The molecule has 0 saturated heterocycles. The average Bonchev–Trinajstić information content (AvgIpc) is 2.48. The Bertz CT molecular complexity index is 676. The van der Waals surface area contributed by atoms with Gasteiger partial charge in [-0.3, -0.25) is 4.79 Å². The summed E-state index contributed by atoms with van der Waals surface area (Å²) in [5.74, 6) is -0.660. The summed E-state index contributed by atoms with van der Waals surface area (Å²) < 4.78 is 38.8. The van der Waals surface area contributed by atoms with Crippen molar-refractivity contribution in [2.75, 3.05) is 0 Å². The zero-order valence-electron chi connectivity index (χ0n) is 11.6. The van der Waals surface area contributed by atoms with Crippen molar-refractivity contribution in [2.24, 2.45) is 5.73 Å². The van der Waals surface area contributed by atoms with Crippen LogP contribution in [0.5, 0.6) is 0 Å². The minimum absolute atomic E-state index is 0.137. The lowest BCUT2D eigenvalue weighted by Gasteiger charge is -2.14. The SMILES string of the molecule is N/C(=C(\C(=O)Cc1ccccc1)c1ccccc1)C(F)(F)F. The number of hydrogen-bond donors (Lipinski definition) is 1. The van der Waals surface area contributed by atoms with Crippen molar-refractivity contribution in [3.63, 3.8) is 0 Å². The molecular weight excluding hydrogens is 291 g/mol. The summed E-state index contributed by atoms with van der Waals surface area (Å²) in [6.45, 7) is 0. The number of allylic oxidation sites excluding steroid dienone is 2. The predicted octanol–water partition coefficient (Wildman–Crippen LogP) is 3.73. The van der Waals surface area contributed by atoms with Gasteiger partial charge in [0.2, 0.25) is 0 Å². The van der Waals surface area contributed by atoms with E-state index in [1.807, 2.05) is 0 Å². The van der Waals surface area contributed by atoms with Gasteiger partial charge in [0.15, 0.2) is 5.78 Å². The predicted molar refractivity (Wildman–Crippen MR) is 78.8 cm³/mol. The highest BCUT2D eigenvalue weighted by atomic mass is 19.4. The second-order valence-electron chi connectivity index (χ2n) is 4.74. The van der Waals surface area contributed by atoms with E-state index in [0.29, 0.717) is 5.56 Å². The fraction of sp³-hybridized carbons (Fsp3) is 0.118. The van der Waals surface area contributed by atoms with E-state index in [4.69, 9.17) is 5.73 Å². The first-order valence-corrected chi connectivity index (χ1v) is 6.59. The van der Waals surface area contributed by atoms with Crippen molar-refractivity contribution in [3.05, 3.63) is 77.5 Å². The van der Waals surface area contributed by atoms with Crippen LogP contribution in [0.1, 0.15) is 11.1 Å². The van der Waals surface area contributed by atoms with Crippen LogP contribution in [0.25, 0.3) is 5.57 Å². The third-order valence-corrected chi connectivity index (χ3v) is 3.12. The van der Waals surface area contributed by atoms with Crippen LogP contribution in [0.4, 0.5) is 13.2 Å². The van der Waals surface area contributed by atoms with Crippen LogP contribution in [-0.4, -0.2) is 12.0 Å². The van der Waals surface area contributed by atoms with Crippen molar-refractivity contribution < 1.29 is 18.0 Å². The summed E-state index contributed by atoms with van der Waals surface area (Å²) in [5.41, 5.74) is 4.17. The monoisotopic (exact) mass is 305 g/mol. The lowest BCUT2D eigenvalue weighted by molar-refractivity contribution is -0.114. The summed E-state index contributed by atoms with van der Waals surface area (Å²) in [4.78, 5) is 12.4. The third-order valence-electron chi connectivity index (χ3n) is 3.12. The van der Waals surface area contributed by atoms with Gasteiger partial charge < -0.3 is 5.73 Å². The second-order valence-corrected chi connectivity index (χ2v) is 4.74. The molecule has 2 rings (SSSR count). The van der Waals surface area contributed by atoms with Gasteiger partial charge in [-0.05, 0) is 11.1 Å². The zero-order valence-corrected chi connectivity index (χ0v) is 11.6. The fourth-order valence-corrected chi connectivity index (χ4v) is 2.08. The molecule has 2 aromatic carbocycles. The number of rotatable bonds is 4. The number of carbonyl (C=O) groups excluding carboxylic acids is 1. The Kier molecular flexibility index (Phi) is 4.65. The van der Waals surface area contributed by atoms with Gasteiger partial charge in [-0.15, -0.1) is 0 Å². The maximum absolute atomic E-state index is 12.9. The van der Waals surface area contributed by atoms with Crippen LogP contribution in [-0.2, 0) is 11.2 Å². The first kappa shape index (κ1) is 15.8. The number of benzene rings is 2. The molecule has 0 heterocycles. The Hall–Kier alpha value is -2.56. The molecule has 0 atom stereocenters. The van der Waals surface area contributed by atoms with Gasteiger partial charge in [-0.1, -0.05) is 60.7 Å². The maximum atomic E-state index is 12.9. The fourth-order valence-electron chi connectivity index (χ4n) is 2.08. The van der Waals surface area contributed by atoms with E-state index in [1.165, 1.54) is 12.1 Å². The molecule has 0 aromatic heterocycles. The third kappa shape index (κ3) is 3.75. The molecule has 2 N–H and O–H groups in total. The Morgan fingerprint density at radius 3 is 1.91 bits per heavy atom. The van der Waals surface area contributed by atoms with Gasteiger partial charge in [-0.2, -0.15) is 13.2 Å². The second kappa shape index (κ2) is 6.47. The molecule has 0 aliphatic carbocycles. The molecular formula is C17H14F3NO. The Morgan fingerprint density at radius 1 is 0.909 bits per heavy atom. The Balaban J connectivity index is 2.44. The lowest BCUT2D eigenvalue weighted by atomic mass is 9.95. The summed E-state index contributed by atoms with van der Waals surface area (Å²) in [6, 6.07) is 16.3. The van der Waals surface area contributed by atoms with E-state index >= 15 is 0 Å². The average molecular weight is 305 g/mol. The quantitative estimate of drug-likeness (QED) is 0.875. The molecule has 2 nitrogen and oxygen atoms in total. The highest BCUT2D eigenvalue weighted by Gasteiger charge is 2.36. The molecule has 114 valence electrons. The molecule has 22 heavy (non-hydrogen) atoms. The molecule has 0 aliphatic rings. The topological polar surface area (TPSA) is 43.1 Å². The first-order chi connectivity index (χ1) is 10.4. The maximum Gasteiger partial charge on any atom is 0.431 e. The number of carbonyl (C=O) groups is 1. The molecule has 0 bridgehead atoms. The first-order valence-electron chi connectivity index (χ1n) is 6.59. The highest BCUT2D eigenvalue weighted by molar-refractivity contribution is 6.22. The molecule has 0 spiro atoms. The van der Waals surface area contributed by atoms with Gasteiger partial charge in [0, 0.05) is 6.42 Å². The van der Waals surface area contributed by atoms with Crippen LogP contribution >= 0.6 is 0 Å². The molecule has 0 saturated carbocycles. The van der Waals surface area contributed by atoms with E-state index in [-0.39, 0.29) is 12.0 Å². The van der Waals surface area contributed by atoms with E-state index in [1.54, 1.807) is 48.5 Å². The van der Waals surface area contributed by atoms with E-state index < -0.39 is 23.2 Å². The standard InChI is InChI=1S/C17H14F3NO/c18-17(19,20)16(21)15(13-9-5-2-6-10-13)14(22)11-12-7-3-1-4-8-12/h1-10H,11,21H2/b16-15-. The highest BCUT2D eigenvalue weighted by Crippen LogP contribution is 2.30. The zero-order chi connectivity index (χ0) is 16.2. The van der Waals surface area contributed by atoms with Crippen molar-refractivity contribution in [1.29, 1.82) is 0 Å². The summed E-state index contributed by atoms with van der Waals surface area (Å²) in [7, 11) is 0. The molecule has 0 radical (unpaired) electrons. The van der Waals surface area contributed by atoms with Crippen LogP contribution < -0.4 is 5.73 Å². The van der Waals surface area contributed by atoms with Crippen LogP contribution in [0.2, 0.25) is 0 Å². The van der Waals surface area contributed by atoms with Gasteiger partial charge >= 0.3 is 6.18 Å². The molecule has 2 aromatic rings. The van der Waals surface area contributed by atoms with Crippen molar-refractivity contribution >= 4 is 11.4 Å². The largest absolute Gasteiger partial charge is 0.431 e. The van der Waals surface area contributed by atoms with Crippen LogP contribution in [0.3, 0.4) is 0 Å². The van der Waals surface area contributed by atoms with Gasteiger partial charge in [0.1, 0.15) is 5.70 Å². The van der Waals surface area contributed by atoms with E-state index in [0.717, 1.165) is 0 Å². The number of nitrogens with two attached hydrogens (primary N) is 1. The Labute approximate surface area is 126 Å². The minimum atomic E-state index is -4.75. The summed E-state index contributed by atoms with van der Waals surface area (Å²) >= 11 is 0. The molecule has 0 amide bonds. The lowest BCUT2D eigenvalue weighted by Crippen LogP contribution is -2.24. The van der Waals surface area contributed by atoms with Crippen molar-refractivity contribution in [1.82, 2.24) is 0 Å². The van der Waals surface area contributed by atoms with Crippen molar-refractivity contribution in [2.45, 2.75) is 12.6 Å². The molecule has 5 heteroatoms. The summed E-state index contributed by atoms with van der Waals surface area (Å²) in [5, 5.41) is 0. The normalized spacial score (nSPS) is 12.7. The number of alkyl halides is 3. The smallest absolute Gasteiger partial charge is 0.394 e. The van der Waals surface area contributed by atoms with Gasteiger partial charge in [0.25, 0.3) is 0 Å². The van der Waals surface area contributed by atoms with E-state index in [2.05, 4.69) is 0 Å².